The Morgan fingerprint density at radius 3 is 2.64 bits per heavy atom. The standard InChI is InChI=1S/C20H24N4O2S2/c25-19(7-1-6-18-21-20(22-26-18)17-5-3-15-28-17)24-12-10-23(11-13-24)9-8-16-4-2-14-27-16/h2-5,14-15H,1,6-13H2. The molecule has 0 bridgehead atoms. The Kier molecular flexibility index (Phi) is 6.51. The maximum Gasteiger partial charge on any atom is 0.226 e. The number of carbonyl (C=O) groups is 1. The summed E-state index contributed by atoms with van der Waals surface area (Å²) in [7, 11) is 0. The second-order valence-corrected chi connectivity index (χ2v) is 8.87. The lowest BCUT2D eigenvalue weighted by Gasteiger charge is -2.34. The van der Waals surface area contributed by atoms with E-state index in [0.29, 0.717) is 24.6 Å². The van der Waals surface area contributed by atoms with Crippen molar-refractivity contribution in [2.75, 3.05) is 32.7 Å². The van der Waals surface area contributed by atoms with Gasteiger partial charge in [0.1, 0.15) is 0 Å². The normalized spacial score (nSPS) is 15.2. The SMILES string of the molecule is O=C(CCCc1nc(-c2cccs2)no1)N1CCN(CCc2cccs2)CC1. The van der Waals surface area contributed by atoms with E-state index in [2.05, 4.69) is 32.6 Å². The highest BCUT2D eigenvalue weighted by molar-refractivity contribution is 7.13. The summed E-state index contributed by atoms with van der Waals surface area (Å²) in [6, 6.07) is 8.24. The quantitative estimate of drug-likeness (QED) is 0.562. The summed E-state index contributed by atoms with van der Waals surface area (Å²) in [5.74, 6) is 1.47. The van der Waals surface area contributed by atoms with Crippen molar-refractivity contribution in [1.82, 2.24) is 19.9 Å². The van der Waals surface area contributed by atoms with E-state index >= 15 is 0 Å². The summed E-state index contributed by atoms with van der Waals surface area (Å²) in [6.45, 7) is 4.65. The lowest BCUT2D eigenvalue weighted by molar-refractivity contribution is -0.133. The van der Waals surface area contributed by atoms with Gasteiger partial charge in [0.05, 0.1) is 4.88 Å². The van der Waals surface area contributed by atoms with E-state index < -0.39 is 0 Å². The highest BCUT2D eigenvalue weighted by Gasteiger charge is 2.21. The van der Waals surface area contributed by atoms with Crippen molar-refractivity contribution in [2.24, 2.45) is 0 Å². The maximum absolute atomic E-state index is 12.5. The van der Waals surface area contributed by atoms with Gasteiger partial charge in [-0.05, 0) is 35.7 Å². The van der Waals surface area contributed by atoms with Gasteiger partial charge in [0.25, 0.3) is 0 Å². The second-order valence-electron chi connectivity index (χ2n) is 6.89. The molecule has 0 atom stereocenters. The van der Waals surface area contributed by atoms with Crippen LogP contribution in [0.1, 0.15) is 23.6 Å². The molecule has 1 aliphatic rings. The van der Waals surface area contributed by atoms with Crippen LogP contribution in [0.15, 0.2) is 39.5 Å². The van der Waals surface area contributed by atoms with E-state index in [4.69, 9.17) is 4.52 Å². The van der Waals surface area contributed by atoms with Crippen molar-refractivity contribution in [2.45, 2.75) is 25.7 Å². The minimum atomic E-state index is 0.232. The summed E-state index contributed by atoms with van der Waals surface area (Å²) < 4.78 is 5.30. The number of aromatic nitrogens is 2. The average Bonchev–Trinajstić information content (AvgIpc) is 3.49. The number of piperazine rings is 1. The summed E-state index contributed by atoms with van der Waals surface area (Å²) in [5, 5.41) is 8.13. The van der Waals surface area contributed by atoms with Crippen LogP contribution in [0.3, 0.4) is 0 Å². The predicted molar refractivity (Wildman–Crippen MR) is 112 cm³/mol. The molecule has 0 saturated carbocycles. The van der Waals surface area contributed by atoms with Crippen molar-refractivity contribution in [3.8, 4) is 10.7 Å². The van der Waals surface area contributed by atoms with Crippen LogP contribution in [0.25, 0.3) is 10.7 Å². The van der Waals surface area contributed by atoms with Crippen LogP contribution in [0.5, 0.6) is 0 Å². The van der Waals surface area contributed by atoms with Crippen LogP contribution in [-0.4, -0.2) is 58.6 Å². The van der Waals surface area contributed by atoms with Crippen molar-refractivity contribution in [3.63, 3.8) is 0 Å². The van der Waals surface area contributed by atoms with Crippen LogP contribution in [-0.2, 0) is 17.6 Å². The molecule has 1 amide bonds. The fourth-order valence-electron chi connectivity index (χ4n) is 3.36. The molecular weight excluding hydrogens is 392 g/mol. The number of hydrogen-bond donors (Lipinski definition) is 0. The van der Waals surface area contributed by atoms with Gasteiger partial charge < -0.3 is 9.42 Å². The van der Waals surface area contributed by atoms with Gasteiger partial charge in [-0.3, -0.25) is 9.69 Å². The van der Waals surface area contributed by atoms with Crippen LogP contribution < -0.4 is 0 Å². The average molecular weight is 417 g/mol. The minimum absolute atomic E-state index is 0.232. The van der Waals surface area contributed by atoms with Gasteiger partial charge in [-0.15, -0.1) is 22.7 Å². The molecule has 3 aromatic rings. The molecule has 8 heteroatoms. The molecule has 0 aliphatic carbocycles. The van der Waals surface area contributed by atoms with E-state index in [9.17, 15) is 4.79 Å². The van der Waals surface area contributed by atoms with Crippen LogP contribution in [0.4, 0.5) is 0 Å². The van der Waals surface area contributed by atoms with Gasteiger partial charge in [-0.1, -0.05) is 17.3 Å². The van der Waals surface area contributed by atoms with Crippen LogP contribution >= 0.6 is 22.7 Å². The highest BCUT2D eigenvalue weighted by Crippen LogP contribution is 2.21. The van der Waals surface area contributed by atoms with Gasteiger partial charge in [0.15, 0.2) is 0 Å². The Morgan fingerprint density at radius 1 is 1.07 bits per heavy atom. The summed E-state index contributed by atoms with van der Waals surface area (Å²) in [5.41, 5.74) is 0. The number of amides is 1. The molecule has 1 saturated heterocycles. The molecule has 0 radical (unpaired) electrons. The van der Waals surface area contributed by atoms with E-state index in [1.165, 1.54) is 4.88 Å². The molecular formula is C20H24N4O2S2. The molecule has 0 aromatic carbocycles. The summed E-state index contributed by atoms with van der Waals surface area (Å²) in [6.07, 6.45) is 3.02. The van der Waals surface area contributed by atoms with E-state index in [-0.39, 0.29) is 5.91 Å². The molecule has 4 rings (SSSR count). The molecule has 28 heavy (non-hydrogen) atoms. The number of rotatable bonds is 8. The zero-order valence-electron chi connectivity index (χ0n) is 15.7. The summed E-state index contributed by atoms with van der Waals surface area (Å²) in [4.78, 5) is 23.8. The smallest absolute Gasteiger partial charge is 0.226 e. The zero-order valence-corrected chi connectivity index (χ0v) is 17.4. The van der Waals surface area contributed by atoms with E-state index in [1.807, 2.05) is 33.7 Å². The molecule has 0 spiro atoms. The number of hydrogen-bond acceptors (Lipinski definition) is 7. The first-order valence-corrected chi connectivity index (χ1v) is 11.4. The molecule has 1 fully saturated rings. The molecule has 0 N–H and O–H groups in total. The third-order valence-corrected chi connectivity index (χ3v) is 6.77. The molecule has 148 valence electrons. The fourth-order valence-corrected chi connectivity index (χ4v) is 4.70. The highest BCUT2D eigenvalue weighted by atomic mass is 32.1. The van der Waals surface area contributed by atoms with Gasteiger partial charge in [-0.2, -0.15) is 4.98 Å². The number of thiophene rings is 2. The van der Waals surface area contributed by atoms with Gasteiger partial charge in [-0.25, -0.2) is 0 Å². The number of aryl methyl sites for hydroxylation is 1. The van der Waals surface area contributed by atoms with Crippen molar-refractivity contribution in [3.05, 3.63) is 45.8 Å². The Balaban J connectivity index is 1.15. The second kappa shape index (κ2) is 9.45. The Hall–Kier alpha value is -2.03. The van der Waals surface area contributed by atoms with Crippen LogP contribution in [0, 0.1) is 0 Å². The number of nitrogens with zero attached hydrogens (tertiary/aromatic N) is 4. The largest absolute Gasteiger partial charge is 0.340 e. The first-order valence-electron chi connectivity index (χ1n) is 9.67. The lowest BCUT2D eigenvalue weighted by atomic mass is 10.2. The number of carbonyl (C=O) groups excluding carboxylic acids is 1. The summed E-state index contributed by atoms with van der Waals surface area (Å²) >= 11 is 3.41. The Bertz CT molecular complexity index is 853. The molecule has 1 aliphatic heterocycles. The Labute approximate surface area is 172 Å². The predicted octanol–water partition coefficient (Wildman–Crippen LogP) is 3.57. The minimum Gasteiger partial charge on any atom is -0.340 e. The first-order chi connectivity index (χ1) is 13.8. The molecule has 6 nitrogen and oxygen atoms in total. The lowest BCUT2D eigenvalue weighted by Crippen LogP contribution is -2.49. The topological polar surface area (TPSA) is 62.5 Å². The van der Waals surface area contributed by atoms with E-state index in [0.717, 1.165) is 50.4 Å². The fraction of sp³-hybridized carbons (Fsp3) is 0.450. The van der Waals surface area contributed by atoms with Gasteiger partial charge in [0, 0.05) is 50.4 Å². The first kappa shape index (κ1) is 19.3. The monoisotopic (exact) mass is 416 g/mol. The third kappa shape index (κ3) is 5.06. The molecule has 4 heterocycles. The van der Waals surface area contributed by atoms with Gasteiger partial charge in [0.2, 0.25) is 17.6 Å². The Morgan fingerprint density at radius 2 is 1.89 bits per heavy atom. The third-order valence-electron chi connectivity index (χ3n) is 4.97. The van der Waals surface area contributed by atoms with Crippen LogP contribution in [0.2, 0.25) is 0 Å². The molecule has 0 unspecified atom stereocenters. The van der Waals surface area contributed by atoms with Crippen molar-refractivity contribution >= 4 is 28.6 Å². The molecule has 3 aromatic heterocycles. The zero-order chi connectivity index (χ0) is 19.2. The maximum atomic E-state index is 12.5. The van der Waals surface area contributed by atoms with E-state index in [1.54, 1.807) is 11.3 Å². The van der Waals surface area contributed by atoms with Crippen molar-refractivity contribution < 1.29 is 9.32 Å². The van der Waals surface area contributed by atoms with Gasteiger partial charge >= 0.3 is 0 Å². The van der Waals surface area contributed by atoms with Crippen molar-refractivity contribution in [1.29, 1.82) is 0 Å².